The molecule has 0 aromatic heterocycles. The van der Waals surface area contributed by atoms with Crippen molar-refractivity contribution >= 4 is 11.6 Å². The highest BCUT2D eigenvalue weighted by Gasteiger charge is 2.19. The van der Waals surface area contributed by atoms with Crippen LogP contribution in [0.4, 0.5) is 5.69 Å². The molecule has 0 heterocycles. The van der Waals surface area contributed by atoms with E-state index in [0.717, 1.165) is 6.42 Å². The van der Waals surface area contributed by atoms with Gasteiger partial charge in [0.2, 0.25) is 0 Å². The topological polar surface area (TPSA) is 107 Å². The van der Waals surface area contributed by atoms with Gasteiger partial charge in [0.1, 0.15) is 0 Å². The van der Waals surface area contributed by atoms with Gasteiger partial charge in [-0.1, -0.05) is 13.8 Å². The Balaban J connectivity index is 2.90. The summed E-state index contributed by atoms with van der Waals surface area (Å²) in [7, 11) is 1.32. The highest BCUT2D eigenvalue weighted by Crippen LogP contribution is 2.27. The van der Waals surface area contributed by atoms with Crippen LogP contribution in [0.25, 0.3) is 0 Å². The summed E-state index contributed by atoms with van der Waals surface area (Å²) < 4.78 is 4.95. The van der Waals surface area contributed by atoms with Crippen LogP contribution in [0.1, 0.15) is 30.6 Å². The number of hydrogen-bond acceptors (Lipinski definition) is 5. The number of carbonyl (C=O) groups is 1. The molecule has 1 amide bonds. The molecule has 0 saturated heterocycles. The molecule has 0 aliphatic heterocycles. The zero-order chi connectivity index (χ0) is 16.0. The summed E-state index contributed by atoms with van der Waals surface area (Å²) in [5, 5.41) is 13.6. The molecule has 1 aromatic rings. The van der Waals surface area contributed by atoms with Crippen LogP contribution < -0.4 is 15.8 Å². The quantitative estimate of drug-likeness (QED) is 0.588. The van der Waals surface area contributed by atoms with E-state index in [9.17, 15) is 14.9 Å². The molecule has 0 saturated carbocycles. The van der Waals surface area contributed by atoms with E-state index in [1.54, 1.807) is 0 Å². The summed E-state index contributed by atoms with van der Waals surface area (Å²) in [6.07, 6.45) is 0.770. The summed E-state index contributed by atoms with van der Waals surface area (Å²) in [5.41, 5.74) is 5.77. The highest BCUT2D eigenvalue weighted by molar-refractivity contribution is 5.95. The van der Waals surface area contributed by atoms with Crippen LogP contribution in [0.3, 0.4) is 0 Å². The minimum Gasteiger partial charge on any atom is -0.490 e. The number of nitrogens with zero attached hydrogens (tertiary/aromatic N) is 1. The predicted molar refractivity (Wildman–Crippen MR) is 79.4 cm³/mol. The Kier molecular flexibility index (Phi) is 6.10. The Morgan fingerprint density at radius 1 is 1.48 bits per heavy atom. The van der Waals surface area contributed by atoms with Crippen molar-refractivity contribution in [3.8, 4) is 5.75 Å². The number of benzene rings is 1. The monoisotopic (exact) mass is 295 g/mol. The molecule has 0 aliphatic carbocycles. The third kappa shape index (κ3) is 4.71. The molecule has 0 radical (unpaired) electrons. The Labute approximate surface area is 123 Å². The van der Waals surface area contributed by atoms with Gasteiger partial charge in [0.25, 0.3) is 5.91 Å². The number of carbonyl (C=O) groups excluding carboxylic acids is 1. The Morgan fingerprint density at radius 3 is 2.62 bits per heavy atom. The number of rotatable bonds is 7. The first-order chi connectivity index (χ1) is 9.88. The largest absolute Gasteiger partial charge is 0.490 e. The lowest BCUT2D eigenvalue weighted by molar-refractivity contribution is -0.385. The van der Waals surface area contributed by atoms with Crippen molar-refractivity contribution in [1.82, 2.24) is 5.32 Å². The highest BCUT2D eigenvalue weighted by atomic mass is 16.6. The number of ether oxygens (including phenoxy) is 1. The van der Waals surface area contributed by atoms with Gasteiger partial charge in [-0.3, -0.25) is 14.9 Å². The lowest BCUT2D eigenvalue weighted by Crippen LogP contribution is -2.41. The standard InChI is InChI=1S/C14H21N3O4/c1-9(2)6-11(8-15)16-14(18)10-4-5-12(17(19)20)13(7-10)21-3/h4-5,7,9,11H,6,8,15H2,1-3H3,(H,16,18). The van der Waals surface area contributed by atoms with Crippen molar-refractivity contribution in [3.63, 3.8) is 0 Å². The number of amides is 1. The van der Waals surface area contributed by atoms with Gasteiger partial charge in [-0.2, -0.15) is 0 Å². The molecule has 1 aromatic carbocycles. The molecule has 0 aliphatic rings. The van der Waals surface area contributed by atoms with Crippen molar-refractivity contribution in [3.05, 3.63) is 33.9 Å². The second-order valence-corrected chi connectivity index (χ2v) is 5.18. The van der Waals surface area contributed by atoms with Crippen LogP contribution in [0.15, 0.2) is 18.2 Å². The molecule has 7 heteroatoms. The van der Waals surface area contributed by atoms with Crippen LogP contribution in [0.5, 0.6) is 5.75 Å². The van der Waals surface area contributed by atoms with E-state index >= 15 is 0 Å². The number of methoxy groups -OCH3 is 1. The molecule has 0 bridgehead atoms. The second-order valence-electron chi connectivity index (χ2n) is 5.18. The van der Waals surface area contributed by atoms with Gasteiger partial charge in [-0.25, -0.2) is 0 Å². The summed E-state index contributed by atoms with van der Waals surface area (Å²) in [6, 6.07) is 3.89. The van der Waals surface area contributed by atoms with Crippen LogP contribution in [0, 0.1) is 16.0 Å². The molecule has 3 N–H and O–H groups in total. The summed E-state index contributed by atoms with van der Waals surface area (Å²) in [6.45, 7) is 4.43. The first kappa shape index (κ1) is 16.9. The van der Waals surface area contributed by atoms with E-state index in [0.29, 0.717) is 18.0 Å². The van der Waals surface area contributed by atoms with Gasteiger partial charge in [0.05, 0.1) is 12.0 Å². The van der Waals surface area contributed by atoms with E-state index in [1.165, 1.54) is 25.3 Å². The van der Waals surface area contributed by atoms with Crippen molar-refractivity contribution in [2.45, 2.75) is 26.3 Å². The molecule has 0 spiro atoms. The molecule has 1 rings (SSSR count). The minimum atomic E-state index is -0.554. The Hall–Kier alpha value is -2.15. The van der Waals surface area contributed by atoms with Crippen LogP contribution in [0.2, 0.25) is 0 Å². The minimum absolute atomic E-state index is 0.0563. The maximum absolute atomic E-state index is 12.2. The van der Waals surface area contributed by atoms with Gasteiger partial charge >= 0.3 is 5.69 Å². The van der Waals surface area contributed by atoms with E-state index in [4.69, 9.17) is 10.5 Å². The van der Waals surface area contributed by atoms with Crippen molar-refractivity contribution < 1.29 is 14.5 Å². The Bertz CT molecular complexity index is 517. The summed E-state index contributed by atoms with van der Waals surface area (Å²) in [4.78, 5) is 22.4. The van der Waals surface area contributed by atoms with E-state index in [2.05, 4.69) is 5.32 Å². The smallest absolute Gasteiger partial charge is 0.310 e. The lowest BCUT2D eigenvalue weighted by atomic mass is 10.0. The average molecular weight is 295 g/mol. The number of nitrogens with one attached hydrogen (secondary N) is 1. The molecule has 0 fully saturated rings. The fourth-order valence-electron chi connectivity index (χ4n) is 2.02. The zero-order valence-corrected chi connectivity index (χ0v) is 12.5. The van der Waals surface area contributed by atoms with Crippen molar-refractivity contribution in [1.29, 1.82) is 0 Å². The molecule has 7 nitrogen and oxygen atoms in total. The molecular weight excluding hydrogens is 274 g/mol. The van der Waals surface area contributed by atoms with Gasteiger partial charge in [0, 0.05) is 30.3 Å². The van der Waals surface area contributed by atoms with Gasteiger partial charge in [0.15, 0.2) is 5.75 Å². The van der Waals surface area contributed by atoms with Crippen molar-refractivity contribution in [2.75, 3.05) is 13.7 Å². The number of nitrogens with two attached hydrogens (primary N) is 1. The molecule has 1 unspecified atom stereocenters. The number of hydrogen-bond donors (Lipinski definition) is 2. The van der Waals surface area contributed by atoms with E-state index in [-0.39, 0.29) is 23.4 Å². The summed E-state index contributed by atoms with van der Waals surface area (Å²) >= 11 is 0. The third-order valence-corrected chi connectivity index (χ3v) is 3.01. The number of nitro groups is 1. The van der Waals surface area contributed by atoms with Crippen LogP contribution in [-0.2, 0) is 0 Å². The van der Waals surface area contributed by atoms with E-state index in [1.807, 2.05) is 13.8 Å². The van der Waals surface area contributed by atoms with Gasteiger partial charge in [-0.05, 0) is 18.4 Å². The lowest BCUT2D eigenvalue weighted by Gasteiger charge is -2.19. The predicted octanol–water partition coefficient (Wildman–Crippen LogP) is 1.71. The van der Waals surface area contributed by atoms with Gasteiger partial charge < -0.3 is 15.8 Å². The summed E-state index contributed by atoms with van der Waals surface area (Å²) in [5.74, 6) is 0.144. The molecule has 21 heavy (non-hydrogen) atoms. The average Bonchev–Trinajstić information content (AvgIpc) is 2.44. The van der Waals surface area contributed by atoms with Crippen LogP contribution in [-0.4, -0.2) is 30.5 Å². The SMILES string of the molecule is COc1cc(C(=O)NC(CN)CC(C)C)ccc1[N+](=O)[O-]. The van der Waals surface area contributed by atoms with Crippen molar-refractivity contribution in [2.24, 2.45) is 11.7 Å². The maximum Gasteiger partial charge on any atom is 0.310 e. The van der Waals surface area contributed by atoms with Crippen LogP contribution >= 0.6 is 0 Å². The fourth-order valence-corrected chi connectivity index (χ4v) is 2.02. The maximum atomic E-state index is 12.2. The first-order valence-electron chi connectivity index (χ1n) is 6.72. The van der Waals surface area contributed by atoms with Gasteiger partial charge in [-0.15, -0.1) is 0 Å². The third-order valence-electron chi connectivity index (χ3n) is 3.01. The molecule has 1 atom stereocenters. The fraction of sp³-hybridized carbons (Fsp3) is 0.500. The second kappa shape index (κ2) is 7.58. The zero-order valence-electron chi connectivity index (χ0n) is 12.5. The molecule has 116 valence electrons. The number of nitro benzene ring substituents is 1. The van der Waals surface area contributed by atoms with E-state index < -0.39 is 4.92 Å². The normalized spacial score (nSPS) is 12.0. The molecular formula is C14H21N3O4. The first-order valence-corrected chi connectivity index (χ1v) is 6.72. The Morgan fingerprint density at radius 2 is 2.14 bits per heavy atom.